The molecule has 1 aromatic rings. The zero-order chi connectivity index (χ0) is 15.5. The number of halogens is 1. The minimum Gasteiger partial charge on any atom is -0.493 e. The zero-order valence-electron chi connectivity index (χ0n) is 13.5. The van der Waals surface area contributed by atoms with Gasteiger partial charge in [0, 0.05) is 17.9 Å². The first-order valence-electron chi connectivity index (χ1n) is 7.99. The van der Waals surface area contributed by atoms with E-state index in [2.05, 4.69) is 38.7 Å². The molecule has 0 spiro atoms. The van der Waals surface area contributed by atoms with Gasteiger partial charge in [-0.2, -0.15) is 0 Å². The third-order valence-corrected chi connectivity index (χ3v) is 3.86. The minimum atomic E-state index is 0.587. The molecule has 0 fully saturated rings. The van der Waals surface area contributed by atoms with E-state index >= 15 is 0 Å². The van der Waals surface area contributed by atoms with Gasteiger partial charge in [0.1, 0.15) is 5.75 Å². The van der Waals surface area contributed by atoms with Crippen LogP contribution < -0.4 is 4.74 Å². The summed E-state index contributed by atoms with van der Waals surface area (Å²) < 4.78 is 5.95. The molecule has 0 aromatic heterocycles. The maximum atomic E-state index is 5.95. The summed E-state index contributed by atoms with van der Waals surface area (Å²) in [5.41, 5.74) is 2.22. The Balaban J connectivity index is 2.57. The fourth-order valence-corrected chi connectivity index (χ4v) is 2.28. The molecule has 0 amide bonds. The Hall–Kier alpha value is -1.13. The molecule has 116 valence electrons. The summed E-state index contributed by atoms with van der Waals surface area (Å²) in [6.45, 7) is 7.37. The normalized spacial score (nSPS) is 11.6. The highest BCUT2D eigenvalue weighted by atomic mass is 35.5. The number of hydrogen-bond acceptors (Lipinski definition) is 1. The van der Waals surface area contributed by atoms with Gasteiger partial charge < -0.3 is 4.74 Å². The van der Waals surface area contributed by atoms with E-state index in [0.717, 1.165) is 29.9 Å². The first kappa shape index (κ1) is 17.9. The lowest BCUT2D eigenvalue weighted by Crippen LogP contribution is -2.11. The predicted molar refractivity (Wildman–Crippen MR) is 92.2 cm³/mol. The molecule has 1 unspecified atom stereocenters. The summed E-state index contributed by atoms with van der Waals surface area (Å²) in [7, 11) is 0. The quantitative estimate of drug-likeness (QED) is 0.450. The Kier molecular flexibility index (Phi) is 9.02. The van der Waals surface area contributed by atoms with E-state index in [1.54, 1.807) is 0 Å². The molecule has 2 heteroatoms. The number of aryl methyl sites for hydroxylation is 1. The number of hydrogen-bond donors (Lipinski definition) is 0. The van der Waals surface area contributed by atoms with E-state index in [1.165, 1.54) is 25.7 Å². The monoisotopic (exact) mass is 306 g/mol. The third-order valence-electron chi connectivity index (χ3n) is 3.67. The van der Waals surface area contributed by atoms with Crippen molar-refractivity contribution >= 4 is 11.6 Å². The van der Waals surface area contributed by atoms with Gasteiger partial charge in [0.15, 0.2) is 0 Å². The topological polar surface area (TPSA) is 9.23 Å². The molecule has 0 aliphatic rings. The van der Waals surface area contributed by atoms with Crippen molar-refractivity contribution in [3.63, 3.8) is 0 Å². The first-order valence-corrected chi connectivity index (χ1v) is 8.53. The summed E-state index contributed by atoms with van der Waals surface area (Å²) >= 11 is 5.63. The summed E-state index contributed by atoms with van der Waals surface area (Å²) in [5, 5.41) is 0. The molecule has 0 bridgehead atoms. The molecule has 0 saturated carbocycles. The van der Waals surface area contributed by atoms with Crippen LogP contribution in [-0.4, -0.2) is 12.5 Å². The molecule has 0 heterocycles. The van der Waals surface area contributed by atoms with E-state index in [4.69, 9.17) is 16.3 Å². The van der Waals surface area contributed by atoms with Crippen LogP contribution in [0, 0.1) is 24.7 Å². The summed E-state index contributed by atoms with van der Waals surface area (Å²) in [6, 6.07) is 6.14. The molecule has 0 radical (unpaired) electrons. The van der Waals surface area contributed by atoms with Crippen LogP contribution in [0.25, 0.3) is 0 Å². The van der Waals surface area contributed by atoms with Gasteiger partial charge in [0.2, 0.25) is 0 Å². The standard InChI is InChI=1S/C19H27ClO/c1-4-6-9-17(5-2)15-21-19-12-11-18(16(3)14-19)10-7-8-13-20/h11-12,14,17H,4-6,8-9,13,15H2,1-3H3. The van der Waals surface area contributed by atoms with Crippen LogP contribution in [0.2, 0.25) is 0 Å². The van der Waals surface area contributed by atoms with E-state index < -0.39 is 0 Å². The number of benzene rings is 1. The number of ether oxygens (including phenoxy) is 1. The maximum Gasteiger partial charge on any atom is 0.119 e. The largest absolute Gasteiger partial charge is 0.493 e. The van der Waals surface area contributed by atoms with Gasteiger partial charge in [-0.15, -0.1) is 11.6 Å². The highest BCUT2D eigenvalue weighted by molar-refractivity contribution is 6.18. The Morgan fingerprint density at radius 2 is 2.10 bits per heavy atom. The van der Waals surface area contributed by atoms with Crippen molar-refractivity contribution in [3.05, 3.63) is 29.3 Å². The summed E-state index contributed by atoms with van der Waals surface area (Å²) in [4.78, 5) is 0. The molecular weight excluding hydrogens is 280 g/mol. The van der Waals surface area contributed by atoms with E-state index in [-0.39, 0.29) is 0 Å². The number of rotatable bonds is 8. The van der Waals surface area contributed by atoms with Gasteiger partial charge in [-0.25, -0.2) is 0 Å². The Morgan fingerprint density at radius 1 is 1.29 bits per heavy atom. The van der Waals surface area contributed by atoms with E-state index in [0.29, 0.717) is 11.8 Å². The molecule has 21 heavy (non-hydrogen) atoms. The van der Waals surface area contributed by atoms with Crippen molar-refractivity contribution in [3.8, 4) is 17.6 Å². The van der Waals surface area contributed by atoms with Crippen LogP contribution >= 0.6 is 11.6 Å². The molecule has 1 nitrogen and oxygen atoms in total. The SMILES string of the molecule is CCCCC(CC)COc1ccc(C#CCCCl)c(C)c1. The second-order valence-corrected chi connectivity index (χ2v) is 5.82. The van der Waals surface area contributed by atoms with Crippen LogP contribution in [0.3, 0.4) is 0 Å². The van der Waals surface area contributed by atoms with Crippen LogP contribution in [0.4, 0.5) is 0 Å². The van der Waals surface area contributed by atoms with Crippen molar-refractivity contribution < 1.29 is 4.74 Å². The molecular formula is C19H27ClO. The summed E-state index contributed by atoms with van der Waals surface area (Å²) in [6.07, 6.45) is 5.71. The zero-order valence-corrected chi connectivity index (χ0v) is 14.3. The van der Waals surface area contributed by atoms with Crippen LogP contribution in [-0.2, 0) is 0 Å². The highest BCUT2D eigenvalue weighted by Crippen LogP contribution is 2.19. The van der Waals surface area contributed by atoms with Crippen molar-refractivity contribution in [2.75, 3.05) is 12.5 Å². The Bertz CT molecular complexity index is 470. The highest BCUT2D eigenvalue weighted by Gasteiger charge is 2.07. The molecule has 1 aromatic carbocycles. The minimum absolute atomic E-state index is 0.587. The van der Waals surface area contributed by atoms with Gasteiger partial charge in [-0.05, 0) is 43.0 Å². The lowest BCUT2D eigenvalue weighted by molar-refractivity contribution is 0.233. The smallest absolute Gasteiger partial charge is 0.119 e. The van der Waals surface area contributed by atoms with Crippen molar-refractivity contribution in [2.24, 2.45) is 5.92 Å². The fraction of sp³-hybridized carbons (Fsp3) is 0.579. The van der Waals surface area contributed by atoms with E-state index in [1.807, 2.05) is 12.1 Å². The van der Waals surface area contributed by atoms with Crippen molar-refractivity contribution in [2.45, 2.75) is 52.9 Å². The van der Waals surface area contributed by atoms with Gasteiger partial charge in [-0.3, -0.25) is 0 Å². The van der Waals surface area contributed by atoms with Gasteiger partial charge in [-0.1, -0.05) is 45.0 Å². The fourth-order valence-electron chi connectivity index (χ4n) is 2.18. The molecule has 0 aliphatic carbocycles. The average molecular weight is 307 g/mol. The average Bonchev–Trinajstić information content (AvgIpc) is 2.49. The van der Waals surface area contributed by atoms with Crippen molar-refractivity contribution in [1.29, 1.82) is 0 Å². The lowest BCUT2D eigenvalue weighted by atomic mass is 10.0. The van der Waals surface area contributed by atoms with E-state index in [9.17, 15) is 0 Å². The molecule has 1 rings (SSSR count). The molecule has 0 saturated heterocycles. The number of unbranched alkanes of at least 4 members (excludes halogenated alkanes) is 1. The second-order valence-electron chi connectivity index (χ2n) is 5.44. The Morgan fingerprint density at radius 3 is 2.71 bits per heavy atom. The Labute approximate surface area is 135 Å². The predicted octanol–water partition coefficient (Wildman–Crippen LogP) is 5.57. The van der Waals surface area contributed by atoms with Gasteiger partial charge >= 0.3 is 0 Å². The first-order chi connectivity index (χ1) is 10.2. The molecule has 0 aliphatic heterocycles. The molecule has 0 N–H and O–H groups in total. The number of alkyl halides is 1. The maximum absolute atomic E-state index is 5.95. The van der Waals surface area contributed by atoms with Crippen LogP contribution in [0.15, 0.2) is 18.2 Å². The van der Waals surface area contributed by atoms with Gasteiger partial charge in [0.25, 0.3) is 0 Å². The van der Waals surface area contributed by atoms with Crippen LogP contribution in [0.5, 0.6) is 5.75 Å². The summed E-state index contributed by atoms with van der Waals surface area (Å²) in [5.74, 6) is 8.42. The lowest BCUT2D eigenvalue weighted by Gasteiger charge is -2.16. The van der Waals surface area contributed by atoms with Crippen molar-refractivity contribution in [1.82, 2.24) is 0 Å². The second kappa shape index (κ2) is 10.6. The van der Waals surface area contributed by atoms with Crippen LogP contribution in [0.1, 0.15) is 57.1 Å². The molecule has 1 atom stereocenters. The third kappa shape index (κ3) is 6.91. The van der Waals surface area contributed by atoms with Gasteiger partial charge in [0.05, 0.1) is 6.61 Å².